The highest BCUT2D eigenvalue weighted by Gasteiger charge is 2.35. The van der Waals surface area contributed by atoms with Gasteiger partial charge in [0.2, 0.25) is 0 Å². The standard InChI is InChI=1S/C14H23ClN4/c1-10-12(15)17-11(2)18-13(10)16-9-14(19(3)4)7-5-6-8-14/h5-9H2,1-4H3,(H,16,17,18). The Balaban J connectivity index is 2.14. The zero-order chi connectivity index (χ0) is 14.0. The van der Waals surface area contributed by atoms with E-state index in [0.717, 1.165) is 17.9 Å². The third-order valence-corrected chi connectivity index (χ3v) is 4.63. The number of aryl methyl sites for hydroxylation is 1. The van der Waals surface area contributed by atoms with Gasteiger partial charge in [-0.15, -0.1) is 0 Å². The summed E-state index contributed by atoms with van der Waals surface area (Å²) in [4.78, 5) is 11.0. The molecule has 1 aliphatic rings. The van der Waals surface area contributed by atoms with Gasteiger partial charge in [0.15, 0.2) is 0 Å². The van der Waals surface area contributed by atoms with Crippen molar-refractivity contribution in [2.45, 2.75) is 45.1 Å². The average molecular weight is 283 g/mol. The van der Waals surface area contributed by atoms with E-state index in [1.165, 1.54) is 25.7 Å². The van der Waals surface area contributed by atoms with E-state index in [0.29, 0.717) is 11.0 Å². The van der Waals surface area contributed by atoms with Gasteiger partial charge in [-0.1, -0.05) is 24.4 Å². The van der Waals surface area contributed by atoms with Gasteiger partial charge in [0.05, 0.1) is 0 Å². The van der Waals surface area contributed by atoms with Crippen LogP contribution in [0.2, 0.25) is 5.15 Å². The van der Waals surface area contributed by atoms with Crippen molar-refractivity contribution >= 4 is 17.4 Å². The van der Waals surface area contributed by atoms with Crippen LogP contribution in [0.15, 0.2) is 0 Å². The van der Waals surface area contributed by atoms with Crippen LogP contribution in [0.25, 0.3) is 0 Å². The summed E-state index contributed by atoms with van der Waals surface area (Å²) >= 11 is 6.11. The van der Waals surface area contributed by atoms with E-state index in [4.69, 9.17) is 11.6 Å². The minimum atomic E-state index is 0.248. The SMILES string of the molecule is Cc1nc(Cl)c(C)c(NCC2(N(C)C)CCCC2)n1. The first-order valence-electron chi connectivity index (χ1n) is 6.87. The van der Waals surface area contributed by atoms with Crippen molar-refractivity contribution < 1.29 is 0 Å². The minimum absolute atomic E-state index is 0.248. The van der Waals surface area contributed by atoms with Gasteiger partial charge in [0, 0.05) is 17.6 Å². The predicted molar refractivity (Wildman–Crippen MR) is 79.9 cm³/mol. The second-order valence-electron chi connectivity index (χ2n) is 5.71. The summed E-state index contributed by atoms with van der Waals surface area (Å²) in [6.45, 7) is 4.74. The maximum Gasteiger partial charge on any atom is 0.137 e. The van der Waals surface area contributed by atoms with Gasteiger partial charge in [-0.2, -0.15) is 0 Å². The Labute approximate surface area is 120 Å². The third kappa shape index (κ3) is 3.00. The number of aromatic nitrogens is 2. The van der Waals surface area contributed by atoms with Crippen LogP contribution in [-0.2, 0) is 0 Å². The molecule has 1 aromatic heterocycles. The quantitative estimate of drug-likeness (QED) is 0.862. The highest BCUT2D eigenvalue weighted by molar-refractivity contribution is 6.30. The molecule has 1 aliphatic carbocycles. The molecule has 4 nitrogen and oxygen atoms in total. The number of hydrogen-bond acceptors (Lipinski definition) is 4. The first kappa shape index (κ1) is 14.5. The second kappa shape index (κ2) is 5.63. The Bertz CT molecular complexity index is 453. The molecule has 5 heteroatoms. The smallest absolute Gasteiger partial charge is 0.137 e. The van der Waals surface area contributed by atoms with Crippen molar-refractivity contribution in [2.24, 2.45) is 0 Å². The molecule has 1 N–H and O–H groups in total. The van der Waals surface area contributed by atoms with Crippen LogP contribution in [0, 0.1) is 13.8 Å². The van der Waals surface area contributed by atoms with E-state index in [-0.39, 0.29) is 5.54 Å². The fraction of sp³-hybridized carbons (Fsp3) is 0.714. The van der Waals surface area contributed by atoms with Crippen LogP contribution in [0.5, 0.6) is 0 Å². The lowest BCUT2D eigenvalue weighted by atomic mass is 9.96. The van der Waals surface area contributed by atoms with Crippen LogP contribution < -0.4 is 5.32 Å². The topological polar surface area (TPSA) is 41.1 Å². The summed E-state index contributed by atoms with van der Waals surface area (Å²) in [6, 6.07) is 0. The fourth-order valence-corrected chi connectivity index (χ4v) is 3.04. The number of hydrogen-bond donors (Lipinski definition) is 1. The first-order valence-corrected chi connectivity index (χ1v) is 7.24. The van der Waals surface area contributed by atoms with E-state index in [1.54, 1.807) is 0 Å². The van der Waals surface area contributed by atoms with E-state index in [9.17, 15) is 0 Å². The van der Waals surface area contributed by atoms with Gasteiger partial charge in [0.25, 0.3) is 0 Å². The fourth-order valence-electron chi connectivity index (χ4n) is 2.83. The summed E-state index contributed by atoms with van der Waals surface area (Å²) in [5, 5.41) is 4.02. The number of anilines is 1. The van der Waals surface area contributed by atoms with Crippen molar-refractivity contribution in [3.05, 3.63) is 16.5 Å². The molecule has 0 spiro atoms. The van der Waals surface area contributed by atoms with Crippen LogP contribution in [-0.4, -0.2) is 41.0 Å². The molecule has 1 aromatic rings. The Morgan fingerprint density at radius 1 is 1.21 bits per heavy atom. The van der Waals surface area contributed by atoms with Gasteiger partial charge in [-0.3, -0.25) is 0 Å². The normalized spacial score (nSPS) is 18.0. The lowest BCUT2D eigenvalue weighted by molar-refractivity contribution is 0.172. The van der Waals surface area contributed by atoms with Gasteiger partial charge in [-0.05, 0) is 40.8 Å². The van der Waals surface area contributed by atoms with E-state index >= 15 is 0 Å². The van der Waals surface area contributed by atoms with E-state index in [2.05, 4.69) is 34.3 Å². The zero-order valence-electron chi connectivity index (χ0n) is 12.3. The minimum Gasteiger partial charge on any atom is -0.368 e. The van der Waals surface area contributed by atoms with Crippen molar-refractivity contribution in [1.82, 2.24) is 14.9 Å². The number of halogens is 1. The number of nitrogens with one attached hydrogen (secondary N) is 1. The number of likely N-dealkylation sites (N-methyl/N-ethyl adjacent to an activating group) is 1. The van der Waals surface area contributed by atoms with Crippen LogP contribution >= 0.6 is 11.6 Å². The molecule has 0 atom stereocenters. The molecule has 1 fully saturated rings. The first-order chi connectivity index (χ1) is 8.94. The average Bonchev–Trinajstić information content (AvgIpc) is 2.82. The number of nitrogens with zero attached hydrogens (tertiary/aromatic N) is 3. The molecule has 2 rings (SSSR count). The highest BCUT2D eigenvalue weighted by Crippen LogP contribution is 2.34. The third-order valence-electron chi connectivity index (χ3n) is 4.27. The maximum atomic E-state index is 6.11. The molecule has 19 heavy (non-hydrogen) atoms. The van der Waals surface area contributed by atoms with Gasteiger partial charge in [-0.25, -0.2) is 9.97 Å². The Morgan fingerprint density at radius 2 is 1.84 bits per heavy atom. The molecule has 106 valence electrons. The van der Waals surface area contributed by atoms with Crippen LogP contribution in [0.1, 0.15) is 37.1 Å². The Hall–Kier alpha value is -0.870. The summed E-state index contributed by atoms with van der Waals surface area (Å²) in [7, 11) is 4.33. The van der Waals surface area contributed by atoms with Crippen LogP contribution in [0.4, 0.5) is 5.82 Å². The van der Waals surface area contributed by atoms with Crippen molar-refractivity contribution in [2.75, 3.05) is 26.0 Å². The van der Waals surface area contributed by atoms with E-state index in [1.807, 2.05) is 13.8 Å². The lowest BCUT2D eigenvalue weighted by Gasteiger charge is -2.36. The molecule has 0 unspecified atom stereocenters. The Kier molecular flexibility index (Phi) is 4.31. The summed E-state index contributed by atoms with van der Waals surface area (Å²) in [5.41, 5.74) is 1.18. The second-order valence-corrected chi connectivity index (χ2v) is 6.07. The molecular formula is C14H23ClN4. The lowest BCUT2D eigenvalue weighted by Crippen LogP contribution is -2.47. The molecule has 0 amide bonds. The molecule has 1 heterocycles. The largest absolute Gasteiger partial charge is 0.368 e. The van der Waals surface area contributed by atoms with Crippen LogP contribution in [0.3, 0.4) is 0 Å². The number of rotatable bonds is 4. The molecule has 0 radical (unpaired) electrons. The summed E-state index contributed by atoms with van der Waals surface area (Å²) in [5.74, 6) is 1.58. The highest BCUT2D eigenvalue weighted by atomic mass is 35.5. The summed E-state index contributed by atoms with van der Waals surface area (Å²) < 4.78 is 0. The predicted octanol–water partition coefficient (Wildman–Crippen LogP) is 3.03. The monoisotopic (exact) mass is 282 g/mol. The van der Waals surface area contributed by atoms with Crippen molar-refractivity contribution in [1.29, 1.82) is 0 Å². The molecule has 0 saturated heterocycles. The van der Waals surface area contributed by atoms with Gasteiger partial charge < -0.3 is 10.2 Å². The summed E-state index contributed by atoms with van der Waals surface area (Å²) in [6.07, 6.45) is 5.10. The maximum absolute atomic E-state index is 6.11. The van der Waals surface area contributed by atoms with Crippen molar-refractivity contribution in [3.8, 4) is 0 Å². The van der Waals surface area contributed by atoms with Gasteiger partial charge in [0.1, 0.15) is 16.8 Å². The Morgan fingerprint density at radius 3 is 2.42 bits per heavy atom. The molecule has 0 aliphatic heterocycles. The molecular weight excluding hydrogens is 260 g/mol. The zero-order valence-corrected chi connectivity index (χ0v) is 13.0. The molecule has 0 aromatic carbocycles. The van der Waals surface area contributed by atoms with Crippen molar-refractivity contribution in [3.63, 3.8) is 0 Å². The molecule has 0 bridgehead atoms. The molecule has 1 saturated carbocycles. The van der Waals surface area contributed by atoms with E-state index < -0.39 is 0 Å². The van der Waals surface area contributed by atoms with Gasteiger partial charge >= 0.3 is 0 Å².